The molecule has 21 heavy (non-hydrogen) atoms. The van der Waals surface area contributed by atoms with Gasteiger partial charge in [-0.25, -0.2) is 18.1 Å². The van der Waals surface area contributed by atoms with Crippen LogP contribution in [0.4, 0.5) is 0 Å². The number of aromatic nitrogens is 3. The molecule has 0 radical (unpaired) electrons. The summed E-state index contributed by atoms with van der Waals surface area (Å²) in [4.78, 5) is 3.80. The molecule has 0 fully saturated rings. The van der Waals surface area contributed by atoms with E-state index in [2.05, 4.69) is 14.8 Å². The molecule has 0 unspecified atom stereocenters. The number of nitrogens with one attached hydrogen (secondary N) is 1. The molecule has 114 valence electrons. The first-order chi connectivity index (χ1) is 9.85. The van der Waals surface area contributed by atoms with Gasteiger partial charge in [-0.2, -0.15) is 5.10 Å². The Hall–Kier alpha value is -1.15. The smallest absolute Gasteiger partial charge is 0.216 e. The SMILES string of the molecule is C[C@@H](Cn1cncn1)NS(=O)(=O)Cc1ccc(Cl)c(Cl)c1. The molecule has 2 rings (SSSR count). The van der Waals surface area contributed by atoms with Gasteiger partial charge in [-0.15, -0.1) is 0 Å². The van der Waals surface area contributed by atoms with Crippen LogP contribution in [-0.4, -0.2) is 29.2 Å². The summed E-state index contributed by atoms with van der Waals surface area (Å²) in [5.74, 6) is -0.161. The van der Waals surface area contributed by atoms with E-state index < -0.39 is 10.0 Å². The molecule has 0 aliphatic rings. The minimum absolute atomic E-state index is 0.161. The van der Waals surface area contributed by atoms with Crippen molar-refractivity contribution in [1.82, 2.24) is 19.5 Å². The third kappa shape index (κ3) is 4.96. The normalized spacial score (nSPS) is 13.3. The van der Waals surface area contributed by atoms with Crippen molar-refractivity contribution >= 4 is 33.2 Å². The standard InChI is InChI=1S/C12H14Cl2N4O2S/c1-9(5-18-8-15-7-16-18)17-21(19,20)6-10-2-3-11(13)12(14)4-10/h2-4,7-9,17H,5-6H2,1H3/t9-/m0/s1. The highest BCUT2D eigenvalue weighted by atomic mass is 35.5. The number of rotatable bonds is 6. The van der Waals surface area contributed by atoms with E-state index in [1.807, 2.05) is 0 Å². The number of nitrogens with zero attached hydrogens (tertiary/aromatic N) is 3. The summed E-state index contributed by atoms with van der Waals surface area (Å²) in [6.07, 6.45) is 2.93. The second kappa shape index (κ2) is 6.74. The van der Waals surface area contributed by atoms with Crippen molar-refractivity contribution in [2.24, 2.45) is 0 Å². The topological polar surface area (TPSA) is 76.9 Å². The van der Waals surface area contributed by atoms with Gasteiger partial charge in [0.25, 0.3) is 0 Å². The van der Waals surface area contributed by atoms with E-state index in [1.54, 1.807) is 29.8 Å². The largest absolute Gasteiger partial charge is 0.251 e. The highest BCUT2D eigenvalue weighted by Crippen LogP contribution is 2.23. The number of benzene rings is 1. The zero-order chi connectivity index (χ0) is 15.5. The summed E-state index contributed by atoms with van der Waals surface area (Å²) in [5, 5.41) is 4.66. The predicted octanol–water partition coefficient (Wildman–Crippen LogP) is 2.09. The zero-order valence-electron chi connectivity index (χ0n) is 11.2. The summed E-state index contributed by atoms with van der Waals surface area (Å²) in [7, 11) is -3.48. The Morgan fingerprint density at radius 1 is 1.33 bits per heavy atom. The van der Waals surface area contributed by atoms with Crippen molar-refractivity contribution in [3.05, 3.63) is 46.5 Å². The molecule has 9 heteroatoms. The number of hydrogen-bond donors (Lipinski definition) is 1. The monoisotopic (exact) mass is 348 g/mol. The van der Waals surface area contributed by atoms with E-state index in [0.29, 0.717) is 22.2 Å². The van der Waals surface area contributed by atoms with Gasteiger partial charge in [-0.3, -0.25) is 4.68 Å². The first-order valence-corrected chi connectivity index (χ1v) is 8.53. The first-order valence-electron chi connectivity index (χ1n) is 6.12. The fraction of sp³-hybridized carbons (Fsp3) is 0.333. The molecule has 2 aromatic rings. The number of sulfonamides is 1. The molecule has 1 N–H and O–H groups in total. The van der Waals surface area contributed by atoms with E-state index in [0.717, 1.165) is 0 Å². The van der Waals surface area contributed by atoms with Crippen LogP contribution >= 0.6 is 23.2 Å². The van der Waals surface area contributed by atoms with E-state index in [1.165, 1.54) is 12.7 Å². The molecular formula is C12H14Cl2N4O2S. The van der Waals surface area contributed by atoms with Crippen molar-refractivity contribution in [2.75, 3.05) is 0 Å². The van der Waals surface area contributed by atoms with Gasteiger partial charge in [0.2, 0.25) is 10.0 Å². The maximum absolute atomic E-state index is 12.1. The lowest BCUT2D eigenvalue weighted by Crippen LogP contribution is -2.36. The quantitative estimate of drug-likeness (QED) is 0.866. The average Bonchev–Trinajstić information content (AvgIpc) is 2.85. The fourth-order valence-electron chi connectivity index (χ4n) is 1.84. The minimum atomic E-state index is -3.48. The molecule has 0 bridgehead atoms. The highest BCUT2D eigenvalue weighted by molar-refractivity contribution is 7.88. The van der Waals surface area contributed by atoms with Crippen molar-refractivity contribution in [1.29, 1.82) is 0 Å². The van der Waals surface area contributed by atoms with Gasteiger partial charge >= 0.3 is 0 Å². The lowest BCUT2D eigenvalue weighted by atomic mass is 10.2. The molecule has 1 atom stereocenters. The molecule has 0 aliphatic carbocycles. The van der Waals surface area contributed by atoms with Crippen LogP contribution in [0.3, 0.4) is 0 Å². The molecule has 0 saturated carbocycles. The summed E-state index contributed by atoms with van der Waals surface area (Å²) < 4.78 is 28.4. The lowest BCUT2D eigenvalue weighted by molar-refractivity contribution is 0.493. The Kier molecular flexibility index (Phi) is 5.21. The average molecular weight is 349 g/mol. The van der Waals surface area contributed by atoms with Crippen molar-refractivity contribution in [2.45, 2.75) is 25.3 Å². The second-order valence-electron chi connectivity index (χ2n) is 4.64. The summed E-state index contributed by atoms with van der Waals surface area (Å²) in [5.41, 5.74) is 0.574. The first kappa shape index (κ1) is 16.2. The Bertz CT molecular complexity index is 704. The van der Waals surface area contributed by atoms with Crippen LogP contribution in [0.15, 0.2) is 30.9 Å². The molecule has 1 aromatic carbocycles. The molecule has 1 aromatic heterocycles. The summed E-state index contributed by atoms with van der Waals surface area (Å²) in [6, 6.07) is 4.45. The van der Waals surface area contributed by atoms with Crippen LogP contribution in [0.25, 0.3) is 0 Å². The van der Waals surface area contributed by atoms with Crippen LogP contribution in [-0.2, 0) is 22.3 Å². The Labute approximate surface area is 133 Å². The molecule has 6 nitrogen and oxygen atoms in total. The van der Waals surface area contributed by atoms with E-state index in [-0.39, 0.29) is 11.8 Å². The van der Waals surface area contributed by atoms with Crippen LogP contribution < -0.4 is 4.72 Å². The summed E-state index contributed by atoms with van der Waals surface area (Å²) in [6.45, 7) is 2.16. The molecule has 0 saturated heterocycles. The van der Waals surface area contributed by atoms with Crippen LogP contribution in [0.1, 0.15) is 12.5 Å². The maximum Gasteiger partial charge on any atom is 0.216 e. The van der Waals surface area contributed by atoms with E-state index in [4.69, 9.17) is 23.2 Å². The van der Waals surface area contributed by atoms with Gasteiger partial charge in [0.05, 0.1) is 22.3 Å². The van der Waals surface area contributed by atoms with Gasteiger partial charge < -0.3 is 0 Å². The number of hydrogen-bond acceptors (Lipinski definition) is 4. The Balaban J connectivity index is 1.99. The van der Waals surface area contributed by atoms with Crippen molar-refractivity contribution in [3.8, 4) is 0 Å². The van der Waals surface area contributed by atoms with E-state index in [9.17, 15) is 8.42 Å². The van der Waals surface area contributed by atoms with Gasteiger partial charge in [-0.1, -0.05) is 29.3 Å². The van der Waals surface area contributed by atoms with Crippen molar-refractivity contribution in [3.63, 3.8) is 0 Å². The fourth-order valence-corrected chi connectivity index (χ4v) is 3.55. The molecule has 0 spiro atoms. The maximum atomic E-state index is 12.1. The second-order valence-corrected chi connectivity index (χ2v) is 7.21. The molecule has 1 heterocycles. The van der Waals surface area contributed by atoms with Crippen LogP contribution in [0, 0.1) is 0 Å². The lowest BCUT2D eigenvalue weighted by Gasteiger charge is -2.14. The van der Waals surface area contributed by atoms with E-state index >= 15 is 0 Å². The predicted molar refractivity (Wildman–Crippen MR) is 81.7 cm³/mol. The minimum Gasteiger partial charge on any atom is -0.251 e. The Morgan fingerprint density at radius 2 is 2.10 bits per heavy atom. The van der Waals surface area contributed by atoms with Crippen LogP contribution in [0.2, 0.25) is 10.0 Å². The van der Waals surface area contributed by atoms with Crippen LogP contribution in [0.5, 0.6) is 0 Å². The molecule has 0 amide bonds. The molecule has 0 aliphatic heterocycles. The third-order valence-electron chi connectivity index (χ3n) is 2.65. The zero-order valence-corrected chi connectivity index (χ0v) is 13.5. The number of halogens is 2. The Morgan fingerprint density at radius 3 is 2.71 bits per heavy atom. The molecular weight excluding hydrogens is 335 g/mol. The van der Waals surface area contributed by atoms with Gasteiger partial charge in [-0.05, 0) is 24.6 Å². The van der Waals surface area contributed by atoms with Crippen molar-refractivity contribution < 1.29 is 8.42 Å². The van der Waals surface area contributed by atoms with Gasteiger partial charge in [0.15, 0.2) is 0 Å². The summed E-state index contributed by atoms with van der Waals surface area (Å²) >= 11 is 11.7. The highest BCUT2D eigenvalue weighted by Gasteiger charge is 2.16. The third-order valence-corrected chi connectivity index (χ3v) is 4.86. The van der Waals surface area contributed by atoms with Gasteiger partial charge in [0.1, 0.15) is 12.7 Å². The van der Waals surface area contributed by atoms with Gasteiger partial charge in [0, 0.05) is 6.04 Å².